The molecule has 1 aliphatic carbocycles. The van der Waals surface area contributed by atoms with Crippen LogP contribution < -0.4 is 5.32 Å². The summed E-state index contributed by atoms with van der Waals surface area (Å²) in [6, 6.07) is 0. The highest BCUT2D eigenvalue weighted by Gasteiger charge is 2.32. The van der Waals surface area contributed by atoms with Gasteiger partial charge in [0.2, 0.25) is 0 Å². The van der Waals surface area contributed by atoms with Gasteiger partial charge >= 0.3 is 0 Å². The van der Waals surface area contributed by atoms with Crippen LogP contribution in [0.1, 0.15) is 45.4 Å². The van der Waals surface area contributed by atoms with Gasteiger partial charge in [0.25, 0.3) is 0 Å². The summed E-state index contributed by atoms with van der Waals surface area (Å²) in [5.41, 5.74) is 0.0619. The summed E-state index contributed by atoms with van der Waals surface area (Å²) < 4.78 is 5.15. The van der Waals surface area contributed by atoms with Crippen molar-refractivity contribution in [3.8, 4) is 0 Å². The minimum absolute atomic E-state index is 0.0619. The molecule has 0 aliphatic heterocycles. The van der Waals surface area contributed by atoms with Crippen molar-refractivity contribution in [2.75, 3.05) is 20.3 Å². The molecule has 88 valence electrons. The average molecular weight is 213 g/mol. The fraction of sp³-hybridized carbons (Fsp3) is 0.917. The Labute approximate surface area is 92.6 Å². The number of ketones is 1. The normalized spacial score (nSPS) is 20.1. The molecule has 1 saturated carbocycles. The summed E-state index contributed by atoms with van der Waals surface area (Å²) >= 11 is 0. The molecule has 1 rings (SSSR count). The van der Waals surface area contributed by atoms with E-state index < -0.39 is 0 Å². The molecule has 0 aromatic carbocycles. The van der Waals surface area contributed by atoms with Crippen molar-refractivity contribution in [2.45, 2.75) is 51.0 Å². The quantitative estimate of drug-likeness (QED) is 0.732. The molecular formula is C12H23NO2. The third kappa shape index (κ3) is 3.92. The first-order valence-electron chi connectivity index (χ1n) is 6.01. The Balaban J connectivity index is 2.40. The SMILES string of the molecule is CCOCC(=O)CC1(NC)CCCCC1. The smallest absolute Gasteiger partial charge is 0.160 e. The first kappa shape index (κ1) is 12.7. The van der Waals surface area contributed by atoms with Crippen molar-refractivity contribution in [1.82, 2.24) is 5.32 Å². The Morgan fingerprint density at radius 2 is 2.00 bits per heavy atom. The molecule has 0 radical (unpaired) electrons. The van der Waals surface area contributed by atoms with E-state index in [1.165, 1.54) is 19.3 Å². The predicted molar refractivity (Wildman–Crippen MR) is 61.0 cm³/mol. The highest BCUT2D eigenvalue weighted by molar-refractivity contribution is 5.80. The third-order valence-electron chi connectivity index (χ3n) is 3.34. The van der Waals surface area contributed by atoms with Crippen LogP contribution >= 0.6 is 0 Å². The highest BCUT2D eigenvalue weighted by Crippen LogP contribution is 2.30. The summed E-state index contributed by atoms with van der Waals surface area (Å²) in [5.74, 6) is 0.230. The molecule has 0 atom stereocenters. The van der Waals surface area contributed by atoms with Gasteiger partial charge in [0.15, 0.2) is 5.78 Å². The molecule has 0 aromatic heterocycles. The van der Waals surface area contributed by atoms with Gasteiger partial charge in [-0.3, -0.25) is 4.79 Å². The first-order valence-corrected chi connectivity index (χ1v) is 6.01. The van der Waals surface area contributed by atoms with E-state index >= 15 is 0 Å². The van der Waals surface area contributed by atoms with Gasteiger partial charge in [-0.25, -0.2) is 0 Å². The molecule has 3 heteroatoms. The summed E-state index contributed by atoms with van der Waals surface area (Å²) in [7, 11) is 1.97. The number of hydrogen-bond donors (Lipinski definition) is 1. The summed E-state index contributed by atoms with van der Waals surface area (Å²) in [5, 5.41) is 3.35. The topological polar surface area (TPSA) is 38.3 Å². The molecule has 0 saturated heterocycles. The van der Waals surface area contributed by atoms with Crippen molar-refractivity contribution < 1.29 is 9.53 Å². The van der Waals surface area contributed by atoms with Crippen molar-refractivity contribution >= 4 is 5.78 Å². The van der Waals surface area contributed by atoms with Gasteiger partial charge in [0.05, 0.1) is 0 Å². The molecule has 1 N–H and O–H groups in total. The van der Waals surface area contributed by atoms with Gasteiger partial charge in [-0.1, -0.05) is 19.3 Å². The largest absolute Gasteiger partial charge is 0.374 e. The summed E-state index contributed by atoms with van der Waals surface area (Å²) in [6.07, 6.45) is 6.67. The number of hydrogen-bond acceptors (Lipinski definition) is 3. The Bertz CT molecular complexity index is 198. The van der Waals surface area contributed by atoms with Crippen LogP contribution in [-0.2, 0) is 9.53 Å². The molecule has 0 heterocycles. The van der Waals surface area contributed by atoms with E-state index in [9.17, 15) is 4.79 Å². The molecule has 0 unspecified atom stereocenters. The number of carbonyl (C=O) groups is 1. The van der Waals surface area contributed by atoms with Gasteiger partial charge in [-0.05, 0) is 26.8 Å². The van der Waals surface area contributed by atoms with Gasteiger partial charge < -0.3 is 10.1 Å². The maximum absolute atomic E-state index is 11.7. The fourth-order valence-electron chi connectivity index (χ4n) is 2.39. The maximum atomic E-state index is 11.7. The van der Waals surface area contributed by atoms with Crippen LogP contribution in [0.4, 0.5) is 0 Å². The van der Waals surface area contributed by atoms with Gasteiger partial charge in [-0.15, -0.1) is 0 Å². The number of ether oxygens (including phenoxy) is 1. The Morgan fingerprint density at radius 3 is 2.53 bits per heavy atom. The second kappa shape index (κ2) is 6.23. The monoisotopic (exact) mass is 213 g/mol. The van der Waals surface area contributed by atoms with Crippen molar-refractivity contribution in [1.29, 1.82) is 0 Å². The lowest BCUT2D eigenvalue weighted by Gasteiger charge is -2.36. The van der Waals surface area contributed by atoms with Crippen molar-refractivity contribution in [3.63, 3.8) is 0 Å². The van der Waals surface area contributed by atoms with E-state index in [0.717, 1.165) is 12.8 Å². The number of carbonyl (C=O) groups excluding carboxylic acids is 1. The van der Waals surface area contributed by atoms with Crippen LogP contribution in [-0.4, -0.2) is 31.6 Å². The van der Waals surface area contributed by atoms with Crippen molar-refractivity contribution in [2.24, 2.45) is 0 Å². The van der Waals surface area contributed by atoms with Gasteiger partial charge in [0, 0.05) is 18.6 Å². The lowest BCUT2D eigenvalue weighted by molar-refractivity contribution is -0.125. The van der Waals surface area contributed by atoms with Crippen LogP contribution in [0.15, 0.2) is 0 Å². The molecular weight excluding hydrogens is 190 g/mol. The molecule has 0 spiro atoms. The molecule has 0 amide bonds. The zero-order chi connectivity index (χ0) is 11.1. The zero-order valence-electron chi connectivity index (χ0n) is 9.97. The Hall–Kier alpha value is -0.410. The van der Waals surface area contributed by atoms with Gasteiger partial charge in [0.1, 0.15) is 6.61 Å². The van der Waals surface area contributed by atoms with E-state index in [-0.39, 0.29) is 17.9 Å². The predicted octanol–water partition coefficient (Wildman–Crippen LogP) is 1.90. The Kier molecular flexibility index (Phi) is 5.26. The molecule has 1 fully saturated rings. The van der Waals surface area contributed by atoms with E-state index in [1.54, 1.807) is 0 Å². The standard InChI is InChI=1S/C12H23NO2/c1-3-15-10-11(14)9-12(13-2)7-5-4-6-8-12/h13H,3-10H2,1-2H3. The molecule has 0 aromatic rings. The van der Waals surface area contributed by atoms with E-state index in [0.29, 0.717) is 13.0 Å². The second-order valence-corrected chi connectivity index (χ2v) is 4.44. The van der Waals surface area contributed by atoms with Crippen LogP contribution in [0.2, 0.25) is 0 Å². The van der Waals surface area contributed by atoms with Crippen LogP contribution in [0, 0.1) is 0 Å². The number of Topliss-reactive ketones (excluding diaryl/α,β-unsaturated/α-hetero) is 1. The van der Waals surface area contributed by atoms with Gasteiger partial charge in [-0.2, -0.15) is 0 Å². The molecule has 15 heavy (non-hydrogen) atoms. The second-order valence-electron chi connectivity index (χ2n) is 4.44. The maximum Gasteiger partial charge on any atom is 0.160 e. The first-order chi connectivity index (χ1) is 7.22. The van der Waals surface area contributed by atoms with E-state index in [1.807, 2.05) is 14.0 Å². The fourth-order valence-corrected chi connectivity index (χ4v) is 2.39. The third-order valence-corrected chi connectivity index (χ3v) is 3.34. The lowest BCUT2D eigenvalue weighted by Crippen LogP contribution is -2.46. The minimum Gasteiger partial charge on any atom is -0.374 e. The van der Waals surface area contributed by atoms with Crippen LogP contribution in [0.5, 0.6) is 0 Å². The zero-order valence-corrected chi connectivity index (χ0v) is 9.97. The lowest BCUT2D eigenvalue weighted by atomic mass is 9.78. The summed E-state index contributed by atoms with van der Waals surface area (Å²) in [4.78, 5) is 11.7. The highest BCUT2D eigenvalue weighted by atomic mass is 16.5. The van der Waals surface area contributed by atoms with Crippen LogP contribution in [0.3, 0.4) is 0 Å². The molecule has 1 aliphatic rings. The number of nitrogens with one attached hydrogen (secondary N) is 1. The molecule has 0 bridgehead atoms. The average Bonchev–Trinajstić information content (AvgIpc) is 2.27. The van der Waals surface area contributed by atoms with E-state index in [4.69, 9.17) is 4.74 Å². The number of rotatable bonds is 6. The minimum atomic E-state index is 0.0619. The summed E-state index contributed by atoms with van der Waals surface area (Å²) in [6.45, 7) is 2.82. The van der Waals surface area contributed by atoms with Crippen LogP contribution in [0.25, 0.3) is 0 Å². The van der Waals surface area contributed by atoms with E-state index in [2.05, 4.69) is 5.32 Å². The Morgan fingerprint density at radius 1 is 1.33 bits per heavy atom. The molecule has 3 nitrogen and oxygen atoms in total. The van der Waals surface area contributed by atoms with Crippen molar-refractivity contribution in [3.05, 3.63) is 0 Å².